The summed E-state index contributed by atoms with van der Waals surface area (Å²) in [6.45, 7) is 8.07. The Bertz CT molecular complexity index is 137. The van der Waals surface area contributed by atoms with Crippen molar-refractivity contribution in [3.63, 3.8) is 0 Å². The van der Waals surface area contributed by atoms with Crippen LogP contribution in [0.4, 0.5) is 0 Å². The Kier molecular flexibility index (Phi) is 5.49. The molecule has 2 nitrogen and oxygen atoms in total. The van der Waals surface area contributed by atoms with E-state index in [0.717, 1.165) is 18.5 Å². The highest BCUT2D eigenvalue weighted by Crippen LogP contribution is 2.30. The molecule has 0 heterocycles. The van der Waals surface area contributed by atoms with Crippen molar-refractivity contribution in [2.24, 2.45) is 5.92 Å². The third kappa shape index (κ3) is 3.25. The molecule has 2 atom stereocenters. The van der Waals surface area contributed by atoms with Crippen LogP contribution in [0.2, 0.25) is 0 Å². The predicted molar refractivity (Wildman–Crippen MR) is 62.6 cm³/mol. The quantitative estimate of drug-likeness (QED) is 0.674. The molecule has 2 heteroatoms. The monoisotopic (exact) mass is 198 g/mol. The Labute approximate surface area is 89.1 Å². The molecule has 1 fully saturated rings. The Balaban J connectivity index is 2.16. The molecule has 0 aromatic carbocycles. The second kappa shape index (κ2) is 6.41. The molecule has 2 unspecified atom stereocenters. The smallest absolute Gasteiger partial charge is 0.0133 e. The van der Waals surface area contributed by atoms with Crippen molar-refractivity contribution in [3.8, 4) is 0 Å². The van der Waals surface area contributed by atoms with Crippen LogP contribution in [-0.4, -0.2) is 37.6 Å². The molecule has 0 aromatic rings. The molecule has 1 aliphatic carbocycles. The zero-order chi connectivity index (χ0) is 10.4. The van der Waals surface area contributed by atoms with Gasteiger partial charge in [0.25, 0.3) is 0 Å². The van der Waals surface area contributed by atoms with Crippen LogP contribution >= 0.6 is 0 Å². The van der Waals surface area contributed by atoms with Crippen molar-refractivity contribution in [1.29, 1.82) is 0 Å². The molecule has 0 amide bonds. The van der Waals surface area contributed by atoms with Crippen molar-refractivity contribution < 1.29 is 0 Å². The molecule has 0 aromatic heterocycles. The summed E-state index contributed by atoms with van der Waals surface area (Å²) >= 11 is 0. The normalized spacial score (nSPS) is 26.6. The van der Waals surface area contributed by atoms with Gasteiger partial charge in [0.15, 0.2) is 0 Å². The van der Waals surface area contributed by atoms with Crippen molar-refractivity contribution in [2.75, 3.05) is 26.7 Å². The summed E-state index contributed by atoms with van der Waals surface area (Å²) in [5, 5.41) is 3.46. The van der Waals surface area contributed by atoms with Crippen molar-refractivity contribution in [2.45, 2.75) is 45.6 Å². The van der Waals surface area contributed by atoms with Crippen LogP contribution in [0, 0.1) is 5.92 Å². The van der Waals surface area contributed by atoms with Gasteiger partial charge in [-0.25, -0.2) is 0 Å². The number of nitrogens with zero attached hydrogens (tertiary/aromatic N) is 1. The van der Waals surface area contributed by atoms with Gasteiger partial charge in [-0.1, -0.05) is 20.3 Å². The minimum absolute atomic E-state index is 0.862. The third-order valence-corrected chi connectivity index (χ3v) is 3.46. The molecule has 14 heavy (non-hydrogen) atoms. The van der Waals surface area contributed by atoms with Crippen LogP contribution in [0.1, 0.15) is 39.5 Å². The lowest BCUT2D eigenvalue weighted by atomic mass is 9.78. The largest absolute Gasteiger partial charge is 0.317 e. The highest BCUT2D eigenvalue weighted by Gasteiger charge is 2.32. The van der Waals surface area contributed by atoms with Gasteiger partial charge in [-0.3, -0.25) is 0 Å². The van der Waals surface area contributed by atoms with E-state index in [1.54, 1.807) is 0 Å². The molecular formula is C12H26N2. The summed E-state index contributed by atoms with van der Waals surface area (Å²) in [7, 11) is 2.29. The van der Waals surface area contributed by atoms with Crippen LogP contribution in [0.5, 0.6) is 0 Å². The summed E-state index contributed by atoms with van der Waals surface area (Å²) in [4.78, 5) is 2.56. The molecular weight excluding hydrogens is 172 g/mol. The Morgan fingerprint density at radius 2 is 2.07 bits per heavy atom. The van der Waals surface area contributed by atoms with E-state index in [1.165, 1.54) is 38.8 Å². The number of unbranched alkanes of at least 4 members (excludes halogenated alkanes) is 1. The van der Waals surface area contributed by atoms with Gasteiger partial charge >= 0.3 is 0 Å². The lowest BCUT2D eigenvalue weighted by Crippen LogP contribution is -2.49. The van der Waals surface area contributed by atoms with Gasteiger partial charge in [0.2, 0.25) is 0 Å². The molecule has 0 spiro atoms. The Morgan fingerprint density at radius 3 is 2.57 bits per heavy atom. The van der Waals surface area contributed by atoms with E-state index in [2.05, 4.69) is 31.1 Å². The van der Waals surface area contributed by atoms with E-state index in [1.807, 2.05) is 0 Å². The van der Waals surface area contributed by atoms with Gasteiger partial charge in [-0.2, -0.15) is 0 Å². The predicted octanol–water partition coefficient (Wildman–Crippen LogP) is 2.11. The standard InChI is InChI=1S/C12H26N2/c1-4-6-9-14(3)12-8-7-11(12)10-13-5-2/h11-13H,4-10H2,1-3H3. The van der Waals surface area contributed by atoms with Crippen LogP contribution in [0.3, 0.4) is 0 Å². The van der Waals surface area contributed by atoms with Gasteiger partial charge < -0.3 is 10.2 Å². The zero-order valence-corrected chi connectivity index (χ0v) is 10.1. The zero-order valence-electron chi connectivity index (χ0n) is 10.1. The Hall–Kier alpha value is -0.0800. The fourth-order valence-electron chi connectivity index (χ4n) is 2.27. The van der Waals surface area contributed by atoms with Crippen LogP contribution < -0.4 is 5.32 Å². The van der Waals surface area contributed by atoms with Crippen molar-refractivity contribution >= 4 is 0 Å². The first-order chi connectivity index (χ1) is 6.79. The first-order valence-electron chi connectivity index (χ1n) is 6.20. The average molecular weight is 198 g/mol. The topological polar surface area (TPSA) is 15.3 Å². The molecule has 0 radical (unpaired) electrons. The fraction of sp³-hybridized carbons (Fsp3) is 1.00. The molecule has 1 aliphatic rings. The van der Waals surface area contributed by atoms with E-state index < -0.39 is 0 Å². The van der Waals surface area contributed by atoms with Gasteiger partial charge in [0, 0.05) is 6.04 Å². The van der Waals surface area contributed by atoms with E-state index >= 15 is 0 Å². The maximum absolute atomic E-state index is 3.46. The van der Waals surface area contributed by atoms with Crippen molar-refractivity contribution in [1.82, 2.24) is 10.2 Å². The van der Waals surface area contributed by atoms with Gasteiger partial charge in [0.05, 0.1) is 0 Å². The van der Waals surface area contributed by atoms with E-state index in [4.69, 9.17) is 0 Å². The minimum atomic E-state index is 0.862. The number of nitrogens with one attached hydrogen (secondary N) is 1. The SMILES string of the molecule is CCCCN(C)C1CCC1CNCC. The highest BCUT2D eigenvalue weighted by molar-refractivity contribution is 4.88. The van der Waals surface area contributed by atoms with Gasteiger partial charge in [-0.15, -0.1) is 0 Å². The van der Waals surface area contributed by atoms with Gasteiger partial charge in [-0.05, 0) is 51.9 Å². The maximum atomic E-state index is 3.46. The maximum Gasteiger partial charge on any atom is 0.0133 e. The average Bonchev–Trinajstić information content (AvgIpc) is 2.13. The summed E-state index contributed by atoms with van der Waals surface area (Å²) in [6.07, 6.45) is 5.50. The highest BCUT2D eigenvalue weighted by atomic mass is 15.1. The second-order valence-electron chi connectivity index (χ2n) is 4.55. The fourth-order valence-corrected chi connectivity index (χ4v) is 2.27. The minimum Gasteiger partial charge on any atom is -0.317 e. The van der Waals surface area contributed by atoms with E-state index in [0.29, 0.717) is 0 Å². The van der Waals surface area contributed by atoms with E-state index in [9.17, 15) is 0 Å². The molecule has 1 rings (SSSR count). The summed E-state index contributed by atoms with van der Waals surface area (Å²) in [5.74, 6) is 0.914. The summed E-state index contributed by atoms with van der Waals surface area (Å²) in [5.41, 5.74) is 0. The summed E-state index contributed by atoms with van der Waals surface area (Å²) in [6, 6.07) is 0.862. The first-order valence-corrected chi connectivity index (χ1v) is 6.20. The summed E-state index contributed by atoms with van der Waals surface area (Å²) < 4.78 is 0. The van der Waals surface area contributed by atoms with Crippen LogP contribution in [0.15, 0.2) is 0 Å². The second-order valence-corrected chi connectivity index (χ2v) is 4.55. The lowest BCUT2D eigenvalue weighted by molar-refractivity contribution is 0.0831. The lowest BCUT2D eigenvalue weighted by Gasteiger charge is -2.43. The van der Waals surface area contributed by atoms with E-state index in [-0.39, 0.29) is 0 Å². The number of hydrogen-bond donors (Lipinski definition) is 1. The molecule has 0 bridgehead atoms. The first kappa shape index (κ1) is 12.0. The van der Waals surface area contributed by atoms with Crippen molar-refractivity contribution in [3.05, 3.63) is 0 Å². The third-order valence-electron chi connectivity index (χ3n) is 3.46. The number of hydrogen-bond acceptors (Lipinski definition) is 2. The number of rotatable bonds is 7. The van der Waals surface area contributed by atoms with Gasteiger partial charge in [0.1, 0.15) is 0 Å². The Morgan fingerprint density at radius 1 is 1.29 bits per heavy atom. The molecule has 1 N–H and O–H groups in total. The molecule has 84 valence electrons. The van der Waals surface area contributed by atoms with Crippen LogP contribution in [-0.2, 0) is 0 Å². The van der Waals surface area contributed by atoms with Crippen LogP contribution in [0.25, 0.3) is 0 Å². The molecule has 0 aliphatic heterocycles. The molecule has 1 saturated carbocycles. The molecule has 0 saturated heterocycles.